The summed E-state index contributed by atoms with van der Waals surface area (Å²) in [6, 6.07) is 55.5. The van der Waals surface area contributed by atoms with Crippen LogP contribution in [0.15, 0.2) is 161 Å². The summed E-state index contributed by atoms with van der Waals surface area (Å²) < 4.78 is 84.4. The van der Waals surface area contributed by atoms with Crippen molar-refractivity contribution in [2.24, 2.45) is 0 Å². The van der Waals surface area contributed by atoms with Gasteiger partial charge in [-0.3, -0.25) is 4.98 Å². The second-order valence-electron chi connectivity index (χ2n) is 19.8. The zero-order valence-electron chi connectivity index (χ0n) is 49.6. The normalized spacial score (nSPS) is 14.4. The molecule has 4 heterocycles. The molecule has 71 heavy (non-hydrogen) atoms. The second kappa shape index (κ2) is 18.6. The van der Waals surface area contributed by atoms with E-state index in [2.05, 4.69) is 153 Å². The van der Waals surface area contributed by atoms with Gasteiger partial charge in [-0.25, -0.2) is 0 Å². The predicted octanol–water partition coefficient (Wildman–Crippen LogP) is 18.1. The van der Waals surface area contributed by atoms with E-state index in [0.717, 1.165) is 71.7 Å². The monoisotopic (exact) mass is 1110 g/mol. The first-order valence-corrected chi connectivity index (χ1v) is 23.8. The molecule has 0 amide bonds. The predicted molar refractivity (Wildman–Crippen MR) is 292 cm³/mol. The van der Waals surface area contributed by atoms with Crippen molar-refractivity contribution in [3.63, 3.8) is 0 Å². The third-order valence-corrected chi connectivity index (χ3v) is 13.4. The van der Waals surface area contributed by atoms with E-state index >= 15 is 0 Å². The van der Waals surface area contributed by atoms with Crippen molar-refractivity contribution in [2.75, 3.05) is 0 Å². The number of pyridine rings is 1. The summed E-state index contributed by atoms with van der Waals surface area (Å²) in [6.07, 6.45) is 1.27. The summed E-state index contributed by atoms with van der Waals surface area (Å²) >= 11 is 0. The summed E-state index contributed by atoms with van der Waals surface area (Å²) in [4.78, 5) is 9.64. The van der Waals surface area contributed by atoms with Crippen LogP contribution < -0.4 is 0 Å². The molecule has 8 aromatic carbocycles. The molecule has 0 saturated carbocycles. The van der Waals surface area contributed by atoms with Gasteiger partial charge in [-0.2, -0.15) is 0 Å². The van der Waals surface area contributed by atoms with Gasteiger partial charge in [0, 0.05) is 65.9 Å². The van der Waals surface area contributed by atoms with Gasteiger partial charge in [0.05, 0.1) is 22.4 Å². The number of rotatable bonds is 6. The zero-order valence-corrected chi connectivity index (χ0v) is 43.0. The van der Waals surface area contributed by atoms with Crippen LogP contribution in [0, 0.1) is 32.7 Å². The van der Waals surface area contributed by atoms with E-state index in [4.69, 9.17) is 26.2 Å². The van der Waals surface area contributed by atoms with Gasteiger partial charge in [-0.15, -0.1) is 53.1 Å². The molecule has 0 saturated heterocycles. The van der Waals surface area contributed by atoms with Gasteiger partial charge in [0.2, 0.25) is 0 Å². The topological polar surface area (TPSA) is 57.0 Å². The van der Waals surface area contributed by atoms with E-state index in [-0.39, 0.29) is 48.6 Å². The summed E-state index contributed by atoms with van der Waals surface area (Å²) in [6.45, 7) is 7.19. The molecule has 12 rings (SSSR count). The first-order valence-electron chi connectivity index (χ1n) is 28.3. The first kappa shape index (κ1) is 37.7. The number of aryl methyl sites for hydroxylation is 3. The quantitative estimate of drug-likeness (QED) is 0.156. The number of para-hydroxylation sites is 1. The van der Waals surface area contributed by atoms with E-state index in [1.54, 1.807) is 6.07 Å². The molecule has 0 atom stereocenters. The van der Waals surface area contributed by atoms with Crippen molar-refractivity contribution in [1.29, 1.82) is 0 Å². The number of nitrogens with zero attached hydrogens (tertiary/aromatic N) is 3. The Bertz CT molecular complexity index is 4230. The molecular weight excluding hydrogens is 1050 g/mol. The van der Waals surface area contributed by atoms with Crippen LogP contribution in [-0.4, -0.2) is 14.5 Å². The van der Waals surface area contributed by atoms with Gasteiger partial charge < -0.3 is 18.4 Å². The molecule has 0 bridgehead atoms. The Hall–Kier alpha value is -7.11. The van der Waals surface area contributed by atoms with Gasteiger partial charge in [0.15, 0.2) is 0 Å². The molecule has 6 heteroatoms. The average Bonchev–Trinajstić information content (AvgIpc) is 4.24. The van der Waals surface area contributed by atoms with Gasteiger partial charge in [0.25, 0.3) is 0 Å². The SMILES string of the molecule is CC(C)c1cc(-c2ccccc2)cc(C(C)C)c1-n1c(-c2[c-]ccc3c2oc2cc4c(cc23)oc2ccccc24)nc2ccc3ccccc3c21.[2H]C([2H])([2H])c1[c-]c(-c2cc(C(C)(C)C)c(C([2H])([2H])[2H])cn2)ccc1C([2H])([2H])[2H].[Ir]. The number of benzene rings is 8. The number of furan rings is 2. The summed E-state index contributed by atoms with van der Waals surface area (Å²) in [5.74, 6) is 1.31. The Morgan fingerprint density at radius 3 is 2.03 bits per heavy atom. The minimum absolute atomic E-state index is 0. The van der Waals surface area contributed by atoms with Crippen molar-refractivity contribution in [2.45, 2.75) is 86.3 Å². The fourth-order valence-corrected chi connectivity index (χ4v) is 9.83. The van der Waals surface area contributed by atoms with Crippen LogP contribution in [0.25, 0.3) is 105 Å². The van der Waals surface area contributed by atoms with Gasteiger partial charge in [-0.05, 0) is 105 Å². The van der Waals surface area contributed by atoms with E-state index in [1.165, 1.54) is 51.7 Å². The number of hydrogen-bond donors (Lipinski definition) is 0. The van der Waals surface area contributed by atoms with Gasteiger partial charge in [0.1, 0.15) is 16.7 Å². The Morgan fingerprint density at radius 1 is 0.620 bits per heavy atom. The first-order chi connectivity index (χ1) is 37.4. The van der Waals surface area contributed by atoms with Crippen LogP contribution in [0.2, 0.25) is 0 Å². The molecule has 1 radical (unpaired) electrons. The fourth-order valence-electron chi connectivity index (χ4n) is 9.83. The van der Waals surface area contributed by atoms with Crippen LogP contribution in [-0.2, 0) is 25.5 Å². The van der Waals surface area contributed by atoms with E-state index in [1.807, 2.05) is 45.0 Å². The molecule has 0 N–H and O–H groups in total. The van der Waals surface area contributed by atoms with Gasteiger partial charge in [-0.1, -0.05) is 158 Å². The van der Waals surface area contributed by atoms with Crippen LogP contribution >= 0.6 is 0 Å². The Balaban J connectivity index is 0.000000213. The third kappa shape index (κ3) is 8.47. The summed E-state index contributed by atoms with van der Waals surface area (Å²) in [5.41, 5.74) is 12.5. The van der Waals surface area contributed by atoms with Crippen molar-refractivity contribution < 1.29 is 41.3 Å². The molecular formula is C65H57IrN3O2-2. The maximum Gasteiger partial charge on any atom is 0.136 e. The molecule has 0 fully saturated rings. The van der Waals surface area contributed by atoms with Crippen molar-refractivity contribution in [1.82, 2.24) is 14.5 Å². The van der Waals surface area contributed by atoms with E-state index < -0.39 is 26.0 Å². The Kier molecular flexibility index (Phi) is 9.86. The van der Waals surface area contributed by atoms with Crippen LogP contribution in [0.5, 0.6) is 0 Å². The molecule has 0 aliphatic heterocycles. The smallest absolute Gasteiger partial charge is 0.136 e. The molecule has 5 nitrogen and oxygen atoms in total. The molecule has 4 aromatic heterocycles. The number of fused-ring (bicyclic) bond motifs is 9. The van der Waals surface area contributed by atoms with Gasteiger partial charge >= 0.3 is 0 Å². The molecule has 12 aromatic rings. The second-order valence-corrected chi connectivity index (χ2v) is 19.8. The third-order valence-electron chi connectivity index (χ3n) is 13.4. The van der Waals surface area contributed by atoms with E-state index in [9.17, 15) is 0 Å². The molecule has 0 unspecified atom stereocenters. The maximum absolute atomic E-state index is 7.73. The minimum Gasteiger partial charge on any atom is -0.501 e. The average molecular weight is 1110 g/mol. The van der Waals surface area contributed by atoms with Crippen LogP contribution in [0.4, 0.5) is 0 Å². The standard InChI is InChI=1S/C47H35N2O2.C18H22N.Ir/c1-27(2)36-23-31(29-13-6-5-7-14-29)24-37(28(3)4)44(36)49-45-32-16-9-8-15-30(32)21-22-40(45)48-47(49)35-19-12-18-34-39-26-42-38(25-43(39)51-46(34)35)33-17-10-11-20-41(33)50-42;1-12-7-8-15(9-13(12)2)17-10-16(18(4,5)6)14(3)11-19-17;/h5-18,20-28H,1-4H3;7-8,10-11H,1-6H3;/q2*-1;/i;1D3,2D3,3D3;. The largest absolute Gasteiger partial charge is 0.501 e. The van der Waals surface area contributed by atoms with Crippen molar-refractivity contribution in [3.8, 4) is 39.5 Å². The number of imidazole rings is 1. The van der Waals surface area contributed by atoms with Crippen molar-refractivity contribution in [3.05, 3.63) is 197 Å². The molecule has 0 spiro atoms. The zero-order chi connectivity index (χ0) is 56.1. The Labute approximate surface area is 442 Å². The number of aromatic nitrogens is 3. The van der Waals surface area contributed by atoms with Crippen LogP contribution in [0.1, 0.15) is 106 Å². The summed E-state index contributed by atoms with van der Waals surface area (Å²) in [5, 5.41) is 6.49. The number of hydrogen-bond acceptors (Lipinski definition) is 4. The molecule has 0 aliphatic carbocycles. The fraction of sp³-hybridized carbons (Fsp3) is 0.200. The minimum atomic E-state index is -2.66. The molecule has 0 aliphatic rings. The molecule has 355 valence electrons. The van der Waals surface area contributed by atoms with Crippen LogP contribution in [0.3, 0.4) is 0 Å². The Morgan fingerprint density at radius 2 is 1.31 bits per heavy atom. The maximum atomic E-state index is 7.73. The van der Waals surface area contributed by atoms with Crippen molar-refractivity contribution >= 4 is 65.7 Å². The van der Waals surface area contributed by atoms with E-state index in [0.29, 0.717) is 16.8 Å². The summed E-state index contributed by atoms with van der Waals surface area (Å²) in [7, 11) is 0.